The van der Waals surface area contributed by atoms with E-state index in [2.05, 4.69) is 21.0 Å². The topological polar surface area (TPSA) is 106 Å². The van der Waals surface area contributed by atoms with Gasteiger partial charge < -0.3 is 9.26 Å². The van der Waals surface area contributed by atoms with Gasteiger partial charge in [-0.3, -0.25) is 10.2 Å². The second kappa shape index (κ2) is 6.67. The highest BCUT2D eigenvalue weighted by Gasteiger charge is 2.20. The molecule has 0 unspecified atom stereocenters. The largest absolute Gasteiger partial charge is 0.449 e. The molecule has 0 radical (unpaired) electrons. The zero-order valence-electron chi connectivity index (χ0n) is 13.0. The van der Waals surface area contributed by atoms with E-state index in [4.69, 9.17) is 9.26 Å². The van der Waals surface area contributed by atoms with Gasteiger partial charge in [-0.2, -0.15) is 0 Å². The predicted molar refractivity (Wildman–Crippen MR) is 87.5 cm³/mol. The summed E-state index contributed by atoms with van der Waals surface area (Å²) < 4.78 is 9.89. The van der Waals surface area contributed by atoms with Gasteiger partial charge in [-0.25, -0.2) is 15.2 Å². The van der Waals surface area contributed by atoms with Crippen LogP contribution in [0.2, 0.25) is 0 Å². The number of hydrogen-bond acceptors (Lipinski definition) is 7. The van der Waals surface area contributed by atoms with Crippen LogP contribution < -0.4 is 10.9 Å². The van der Waals surface area contributed by atoms with Crippen LogP contribution >= 0.6 is 11.3 Å². The van der Waals surface area contributed by atoms with Crippen LogP contribution in [0.5, 0.6) is 0 Å². The summed E-state index contributed by atoms with van der Waals surface area (Å²) in [5.41, 5.74) is 6.19. The van der Waals surface area contributed by atoms with Crippen molar-refractivity contribution in [3.8, 4) is 10.6 Å². The summed E-state index contributed by atoms with van der Waals surface area (Å²) in [6.07, 6.45) is -0.739. The highest BCUT2D eigenvalue weighted by atomic mass is 32.1. The molecule has 2 amide bonds. The number of carbonyl (C=O) groups is 2. The molecule has 0 aliphatic heterocycles. The Morgan fingerprint density at radius 2 is 2.21 bits per heavy atom. The first kappa shape index (κ1) is 15.9. The number of rotatable bonds is 3. The number of carbonyl (C=O) groups excluding carboxylic acids is 2. The van der Waals surface area contributed by atoms with Crippen LogP contribution in [-0.4, -0.2) is 28.7 Å². The molecule has 9 heteroatoms. The summed E-state index contributed by atoms with van der Waals surface area (Å²) in [5, 5.41) is 6.27. The van der Waals surface area contributed by atoms with E-state index in [9.17, 15) is 9.59 Å². The molecule has 0 saturated heterocycles. The van der Waals surface area contributed by atoms with Gasteiger partial charge in [0.1, 0.15) is 0 Å². The SMILES string of the molecule is CCOC(=O)NNC(=O)c1cc(-c2cccs2)nc2onc(C)c12. The molecule has 0 aromatic carbocycles. The lowest BCUT2D eigenvalue weighted by atomic mass is 10.1. The molecule has 3 heterocycles. The molecule has 8 nitrogen and oxygen atoms in total. The predicted octanol–water partition coefficient (Wildman–Crippen LogP) is 2.65. The minimum atomic E-state index is -0.739. The van der Waals surface area contributed by atoms with Crippen molar-refractivity contribution < 1.29 is 18.8 Å². The van der Waals surface area contributed by atoms with Crippen molar-refractivity contribution in [2.24, 2.45) is 0 Å². The summed E-state index contributed by atoms with van der Waals surface area (Å²) in [4.78, 5) is 29.1. The smallest absolute Gasteiger partial charge is 0.426 e. The standard InChI is InChI=1S/C15H14N4O4S/c1-3-22-15(21)18-17-13(20)9-7-10(11-5-4-6-24-11)16-14-12(9)8(2)19-23-14/h4-7H,3H2,1-2H3,(H,17,20)(H,18,21). The summed E-state index contributed by atoms with van der Waals surface area (Å²) in [6.45, 7) is 3.59. The number of aromatic nitrogens is 2. The van der Waals surface area contributed by atoms with Crippen molar-refractivity contribution in [3.63, 3.8) is 0 Å². The summed E-state index contributed by atoms with van der Waals surface area (Å²) >= 11 is 1.49. The number of aryl methyl sites for hydroxylation is 1. The second-order valence-corrected chi connectivity index (χ2v) is 5.73. The van der Waals surface area contributed by atoms with Gasteiger partial charge in [-0.1, -0.05) is 11.2 Å². The van der Waals surface area contributed by atoms with E-state index in [0.29, 0.717) is 22.3 Å². The zero-order valence-corrected chi connectivity index (χ0v) is 13.8. The van der Waals surface area contributed by atoms with Gasteiger partial charge in [0.2, 0.25) is 0 Å². The molecule has 24 heavy (non-hydrogen) atoms. The lowest BCUT2D eigenvalue weighted by molar-refractivity contribution is 0.0914. The number of amides is 2. The molecule has 0 aliphatic rings. The maximum absolute atomic E-state index is 12.5. The third-order valence-electron chi connectivity index (χ3n) is 3.19. The van der Waals surface area contributed by atoms with Crippen molar-refractivity contribution in [2.75, 3.05) is 6.61 Å². The molecule has 3 aromatic rings. The fraction of sp³-hybridized carbons (Fsp3) is 0.200. The van der Waals surface area contributed by atoms with E-state index in [1.165, 1.54) is 11.3 Å². The molecule has 3 rings (SSSR count). The molecule has 124 valence electrons. The lowest BCUT2D eigenvalue weighted by Crippen LogP contribution is -2.42. The number of ether oxygens (including phenoxy) is 1. The Labute approximate surface area is 140 Å². The second-order valence-electron chi connectivity index (χ2n) is 4.78. The Bertz CT molecular complexity index is 888. The van der Waals surface area contributed by atoms with Gasteiger partial charge in [0, 0.05) is 0 Å². The molecule has 2 N–H and O–H groups in total. The lowest BCUT2D eigenvalue weighted by Gasteiger charge is -2.08. The minimum absolute atomic E-state index is 0.203. The van der Waals surface area contributed by atoms with Crippen molar-refractivity contribution >= 4 is 34.4 Å². The fourth-order valence-electron chi connectivity index (χ4n) is 2.17. The third kappa shape index (κ3) is 3.06. The summed E-state index contributed by atoms with van der Waals surface area (Å²) in [7, 11) is 0. The Morgan fingerprint density at radius 3 is 2.92 bits per heavy atom. The van der Waals surface area contributed by atoms with Crippen LogP contribution in [0.15, 0.2) is 28.1 Å². The van der Waals surface area contributed by atoms with Gasteiger partial charge >= 0.3 is 6.09 Å². The Kier molecular flexibility index (Phi) is 4.43. The molecular formula is C15H14N4O4S. The van der Waals surface area contributed by atoms with Gasteiger partial charge in [0.05, 0.1) is 33.8 Å². The molecule has 0 aliphatic carbocycles. The summed E-state index contributed by atoms with van der Waals surface area (Å²) in [6, 6.07) is 5.42. The summed E-state index contributed by atoms with van der Waals surface area (Å²) in [5.74, 6) is -0.514. The van der Waals surface area contributed by atoms with Crippen LogP contribution in [0.3, 0.4) is 0 Å². The molecule has 0 fully saturated rings. The molecule has 0 saturated carbocycles. The van der Waals surface area contributed by atoms with Crippen LogP contribution in [0.1, 0.15) is 23.0 Å². The van der Waals surface area contributed by atoms with E-state index >= 15 is 0 Å². The van der Waals surface area contributed by atoms with Gasteiger partial charge in [-0.15, -0.1) is 11.3 Å². The molecule has 0 spiro atoms. The zero-order chi connectivity index (χ0) is 17.1. The highest BCUT2D eigenvalue weighted by Crippen LogP contribution is 2.29. The third-order valence-corrected chi connectivity index (χ3v) is 4.08. The number of nitrogens with zero attached hydrogens (tertiary/aromatic N) is 2. The van der Waals surface area contributed by atoms with Crippen molar-refractivity contribution in [2.45, 2.75) is 13.8 Å². The van der Waals surface area contributed by atoms with Crippen molar-refractivity contribution in [1.82, 2.24) is 21.0 Å². The average Bonchev–Trinajstić information content (AvgIpc) is 3.22. The number of hydrazine groups is 1. The van der Waals surface area contributed by atoms with E-state index in [1.807, 2.05) is 17.5 Å². The first-order valence-electron chi connectivity index (χ1n) is 7.14. The number of hydrogen-bond donors (Lipinski definition) is 2. The van der Waals surface area contributed by atoms with Crippen molar-refractivity contribution in [1.29, 1.82) is 0 Å². The molecule has 0 atom stereocenters. The average molecular weight is 346 g/mol. The number of thiophene rings is 1. The van der Waals surface area contributed by atoms with E-state index < -0.39 is 12.0 Å². The van der Waals surface area contributed by atoms with Gasteiger partial charge in [-0.05, 0) is 31.4 Å². The van der Waals surface area contributed by atoms with Crippen LogP contribution in [0.4, 0.5) is 4.79 Å². The van der Waals surface area contributed by atoms with Crippen molar-refractivity contribution in [3.05, 3.63) is 34.8 Å². The molecular weight excluding hydrogens is 332 g/mol. The molecule has 0 bridgehead atoms. The van der Waals surface area contributed by atoms with Crippen LogP contribution in [0, 0.1) is 6.92 Å². The monoisotopic (exact) mass is 346 g/mol. The highest BCUT2D eigenvalue weighted by molar-refractivity contribution is 7.13. The van der Waals surface area contributed by atoms with E-state index in [1.54, 1.807) is 19.9 Å². The fourth-order valence-corrected chi connectivity index (χ4v) is 2.85. The number of fused-ring (bicyclic) bond motifs is 1. The van der Waals surface area contributed by atoms with E-state index in [-0.39, 0.29) is 12.3 Å². The quantitative estimate of drug-likeness (QED) is 0.706. The number of nitrogens with one attached hydrogen (secondary N) is 2. The molecule has 3 aromatic heterocycles. The first-order chi connectivity index (χ1) is 11.6. The Hall–Kier alpha value is -2.94. The Morgan fingerprint density at radius 1 is 1.38 bits per heavy atom. The van der Waals surface area contributed by atoms with Gasteiger partial charge in [0.25, 0.3) is 11.6 Å². The van der Waals surface area contributed by atoms with Gasteiger partial charge in [0.15, 0.2) is 0 Å². The maximum atomic E-state index is 12.5. The minimum Gasteiger partial charge on any atom is -0.449 e. The normalized spacial score (nSPS) is 10.6. The van der Waals surface area contributed by atoms with Crippen LogP contribution in [-0.2, 0) is 4.74 Å². The maximum Gasteiger partial charge on any atom is 0.426 e. The first-order valence-corrected chi connectivity index (χ1v) is 8.02. The number of pyridine rings is 1. The Balaban J connectivity index is 1.97. The van der Waals surface area contributed by atoms with E-state index in [0.717, 1.165) is 4.88 Å². The van der Waals surface area contributed by atoms with Crippen LogP contribution in [0.25, 0.3) is 21.7 Å².